The van der Waals surface area contributed by atoms with Crippen LogP contribution in [0.1, 0.15) is 70.4 Å². The Morgan fingerprint density at radius 2 is 0.919 bits per heavy atom. The number of rotatable bonds is 8. The molecule has 1 N–H and O–H groups in total. The van der Waals surface area contributed by atoms with Gasteiger partial charge < -0.3 is 0 Å². The van der Waals surface area contributed by atoms with E-state index in [2.05, 4.69) is 34.9 Å². The molecule has 0 atom stereocenters. The average molecular weight is 1140 g/mol. The Morgan fingerprint density at radius 3 is 1.26 bits per heavy atom. The molecule has 8 aliphatic heterocycles. The van der Waals surface area contributed by atoms with Crippen molar-refractivity contribution in [1.29, 1.82) is 0 Å². The van der Waals surface area contributed by atoms with Crippen LogP contribution in [0.4, 0.5) is 11.4 Å². The van der Waals surface area contributed by atoms with Crippen LogP contribution in [0, 0.1) is 0 Å². The average Bonchev–Trinajstić information content (AvgIpc) is 3.54. The van der Waals surface area contributed by atoms with E-state index in [-0.39, 0.29) is 19.4 Å². The van der Waals surface area contributed by atoms with Gasteiger partial charge in [0.15, 0.2) is 0 Å². The van der Waals surface area contributed by atoms with Gasteiger partial charge in [-0.05, 0) is 0 Å². The summed E-state index contributed by atoms with van der Waals surface area (Å²) in [5.74, 6) is 0. The molecule has 0 amide bonds. The molecule has 0 saturated carbocycles. The maximum atomic E-state index is 13.7. The monoisotopic (exact) mass is 1140 g/mol. The summed E-state index contributed by atoms with van der Waals surface area (Å²) in [5.41, 5.74) is 4.16. The summed E-state index contributed by atoms with van der Waals surface area (Å²) in [6.07, 6.45) is 10.2. The van der Waals surface area contributed by atoms with Crippen LogP contribution < -0.4 is 8.61 Å². The topological polar surface area (TPSA) is 101 Å². The van der Waals surface area contributed by atoms with Gasteiger partial charge in [0, 0.05) is 0 Å². The number of hydrogen-bond donors (Lipinski definition) is 1. The van der Waals surface area contributed by atoms with Gasteiger partial charge in [0.05, 0.1) is 5.34 Å². The van der Waals surface area contributed by atoms with Gasteiger partial charge in [-0.1, -0.05) is 7.43 Å². The van der Waals surface area contributed by atoms with E-state index in [0.717, 1.165) is 60.4 Å². The van der Waals surface area contributed by atoms with Crippen LogP contribution in [0.2, 0.25) is 26.6 Å². The van der Waals surface area contributed by atoms with E-state index in [1.165, 1.54) is 110 Å². The van der Waals surface area contributed by atoms with Gasteiger partial charge in [-0.2, -0.15) is 0 Å². The molecule has 62 heavy (non-hydrogen) atoms. The summed E-state index contributed by atoms with van der Waals surface area (Å²) in [6, 6.07) is 19.8. The molecule has 9 nitrogen and oxygen atoms in total. The van der Waals surface area contributed by atoms with E-state index in [4.69, 9.17) is 23.2 Å². The fourth-order valence-corrected chi connectivity index (χ4v) is 48.5. The number of halogens is 2. The summed E-state index contributed by atoms with van der Waals surface area (Å²) < 4.78 is 67.9. The summed E-state index contributed by atoms with van der Waals surface area (Å²) >= 11 is 4.39. The number of aliphatic hydroxyl groups is 1. The number of aryl methyl sites for hydroxylation is 1. The molecule has 8 heterocycles. The molecular formula is C47H68Cl2N4O5S2Sn2. The van der Waals surface area contributed by atoms with Crippen molar-refractivity contribution in [3.63, 3.8) is 0 Å². The first kappa shape index (κ1) is 48.9. The minimum atomic E-state index is -3.48. The second-order valence-corrected chi connectivity index (χ2v) is 50.5. The number of nitrogens with zero attached hydrogens (tertiary/aromatic N) is 4. The number of fused-ring (bicyclic) bond motifs is 12. The fraction of sp³-hybridized carbons (Fsp3) is 0.574. The van der Waals surface area contributed by atoms with Crippen molar-refractivity contribution in [2.24, 2.45) is 0 Å². The Hall–Kier alpha value is -1.04. The minimum absolute atomic E-state index is 0. The van der Waals surface area contributed by atoms with Crippen LogP contribution in [0.25, 0.3) is 21.5 Å². The normalized spacial score (nSPS) is 26.8. The third-order valence-electron chi connectivity index (χ3n) is 14.8. The third kappa shape index (κ3) is 9.69. The summed E-state index contributed by atoms with van der Waals surface area (Å²) in [6.45, 7) is 9.53. The van der Waals surface area contributed by atoms with Gasteiger partial charge in [0.2, 0.25) is 0 Å². The van der Waals surface area contributed by atoms with Gasteiger partial charge >= 0.3 is 358 Å². The van der Waals surface area contributed by atoms with Crippen molar-refractivity contribution in [1.82, 2.24) is 9.80 Å². The zero-order chi connectivity index (χ0) is 42.8. The SMILES string of the molecule is C.CCCc1ccc2c3c(cccc13)N([CH2][Sn]13[CH2]CCN(CC[CH2]1)CC[CH2]3)S2(=O)=O.ClCCl.O=S1(=O)c2ccc(CCO)c3cccc(c23)N1[CH2][Sn]12[CH2]CCN(CC[CH2]1)CC[CH2]2. The predicted molar refractivity (Wildman–Crippen MR) is 266 cm³/mol. The van der Waals surface area contributed by atoms with Crippen LogP contribution in [-0.4, -0.2) is 129 Å². The Morgan fingerprint density at radius 1 is 0.565 bits per heavy atom. The van der Waals surface area contributed by atoms with E-state index in [1.807, 2.05) is 45.0 Å². The van der Waals surface area contributed by atoms with Crippen LogP contribution >= 0.6 is 23.2 Å². The molecule has 4 aromatic carbocycles. The van der Waals surface area contributed by atoms with Crippen molar-refractivity contribution < 1.29 is 21.9 Å². The van der Waals surface area contributed by atoms with E-state index >= 15 is 0 Å². The molecule has 15 heteroatoms. The number of anilines is 2. The van der Waals surface area contributed by atoms with Crippen LogP contribution in [-0.2, 0) is 32.9 Å². The van der Waals surface area contributed by atoms with E-state index in [9.17, 15) is 21.9 Å². The van der Waals surface area contributed by atoms with E-state index < -0.39 is 56.8 Å². The summed E-state index contributed by atoms with van der Waals surface area (Å²) in [7, 11) is -6.90. The van der Waals surface area contributed by atoms with Crippen molar-refractivity contribution in [2.75, 3.05) is 68.9 Å². The van der Waals surface area contributed by atoms with Crippen molar-refractivity contribution in [2.45, 2.75) is 109 Å². The molecule has 0 aromatic heterocycles. The number of alkyl halides is 2. The molecule has 0 unspecified atom stereocenters. The van der Waals surface area contributed by atoms with Crippen molar-refractivity contribution in [3.8, 4) is 0 Å². The molecule has 8 aliphatic rings. The number of aliphatic hydroxyl groups excluding tert-OH is 1. The molecule has 0 radical (unpaired) electrons. The van der Waals surface area contributed by atoms with Gasteiger partial charge in [-0.25, -0.2) is 0 Å². The molecule has 340 valence electrons. The van der Waals surface area contributed by atoms with Gasteiger partial charge in [0.1, 0.15) is 0 Å². The Balaban J connectivity index is 0.000000173. The first-order chi connectivity index (χ1) is 29.5. The van der Waals surface area contributed by atoms with Crippen molar-refractivity contribution in [3.05, 3.63) is 71.8 Å². The van der Waals surface area contributed by atoms with E-state index in [0.29, 0.717) is 16.2 Å². The van der Waals surface area contributed by atoms with Gasteiger partial charge in [0.25, 0.3) is 0 Å². The predicted octanol–water partition coefficient (Wildman–Crippen LogP) is 10.2. The maximum absolute atomic E-state index is 13.7. The number of sulfonamides is 2. The van der Waals surface area contributed by atoms with Gasteiger partial charge in [-0.3, -0.25) is 0 Å². The Labute approximate surface area is 390 Å². The molecule has 12 rings (SSSR count). The third-order valence-corrected chi connectivity index (χ3v) is 49.5. The van der Waals surface area contributed by atoms with Crippen molar-refractivity contribution >= 4 is 113 Å². The first-order valence-electron chi connectivity index (χ1n) is 22.8. The van der Waals surface area contributed by atoms with Crippen LogP contribution in [0.5, 0.6) is 0 Å². The molecule has 4 bridgehead atoms. The zero-order valence-corrected chi connectivity index (χ0v) is 44.7. The van der Waals surface area contributed by atoms with Crippen LogP contribution in [0.15, 0.2) is 70.5 Å². The molecule has 6 fully saturated rings. The molecule has 0 spiro atoms. The first-order valence-corrected chi connectivity index (χ1v) is 42.9. The molecule has 4 aromatic rings. The fourth-order valence-electron chi connectivity index (χ4n) is 11.9. The second-order valence-electron chi connectivity index (χ2n) is 18.5. The Kier molecular flexibility index (Phi) is 16.4. The zero-order valence-electron chi connectivity index (χ0n) is 35.9. The quantitative estimate of drug-likeness (QED) is 0.139. The van der Waals surface area contributed by atoms with Gasteiger partial charge in [-0.15, -0.1) is 23.2 Å². The molecule has 6 saturated heterocycles. The van der Waals surface area contributed by atoms with Crippen LogP contribution in [0.3, 0.4) is 0 Å². The van der Waals surface area contributed by atoms with E-state index in [1.54, 1.807) is 6.07 Å². The second kappa shape index (κ2) is 20.9. The Bertz CT molecular complexity index is 2220. The standard InChI is InChI=1S/C14H14NO2S.C13H12NO3S.2C9H18N.CH2Cl2.CH4.2Sn/c1-3-5-10-8-9-13-14-11(10)6-4-7-12(14)15(2)18(13,16)17;1-14-11-4-2-3-10-9(7-8-15)5-6-12(13(10)11)18(14,16)17;2*1-4-7-10(8-5-2)9-6-3;2-1-3;;;/h4,6-9H,2-3,5H2,1H3;2-6,15H,1,7-8H2;2*1-9H2;1H2;1H4;;. The molecule has 0 aliphatic carbocycles. The summed E-state index contributed by atoms with van der Waals surface area (Å²) in [5, 5.41) is 13.6. The summed E-state index contributed by atoms with van der Waals surface area (Å²) in [4.78, 5) is 6.26. The number of hydrogen-bond acceptors (Lipinski definition) is 7. The number of benzene rings is 4. The molecular weight excluding hydrogens is 1070 g/mol.